The van der Waals surface area contributed by atoms with E-state index in [2.05, 4.69) is 43.8 Å². The normalized spacial score (nSPS) is 32.4. The first-order chi connectivity index (χ1) is 9.21. The van der Waals surface area contributed by atoms with E-state index >= 15 is 0 Å². The standard InChI is InChI=1S/C18H28Si/c1-3-19(2,18-7-5-4-6-8-18)12-11-15-9-10-16-14-17(16)13-15/h4-8,15-17H,3,9-14H2,1-2H3. The molecular formula is C18H28Si. The van der Waals surface area contributed by atoms with Crippen molar-refractivity contribution < 1.29 is 0 Å². The fourth-order valence-corrected chi connectivity index (χ4v) is 7.19. The molecule has 2 saturated carbocycles. The van der Waals surface area contributed by atoms with Gasteiger partial charge in [0.2, 0.25) is 0 Å². The third kappa shape index (κ3) is 2.96. The molecule has 1 aromatic carbocycles. The average Bonchev–Trinajstić information content (AvgIpc) is 3.24. The molecule has 19 heavy (non-hydrogen) atoms. The number of hydrogen-bond acceptors (Lipinski definition) is 0. The van der Waals surface area contributed by atoms with E-state index in [1.165, 1.54) is 24.9 Å². The Labute approximate surface area is 119 Å². The van der Waals surface area contributed by atoms with Crippen molar-refractivity contribution >= 4 is 13.3 Å². The summed E-state index contributed by atoms with van der Waals surface area (Å²) in [4.78, 5) is 0. The molecule has 0 amide bonds. The smallest absolute Gasteiger partial charge is 0.0675 e. The van der Waals surface area contributed by atoms with Crippen LogP contribution in [0.5, 0.6) is 0 Å². The molecule has 2 aliphatic carbocycles. The zero-order valence-electron chi connectivity index (χ0n) is 12.6. The van der Waals surface area contributed by atoms with E-state index < -0.39 is 8.07 Å². The highest BCUT2D eigenvalue weighted by Crippen LogP contribution is 2.52. The summed E-state index contributed by atoms with van der Waals surface area (Å²) >= 11 is 0. The van der Waals surface area contributed by atoms with Gasteiger partial charge in [0.15, 0.2) is 0 Å². The van der Waals surface area contributed by atoms with Crippen LogP contribution in [0.2, 0.25) is 18.6 Å². The van der Waals surface area contributed by atoms with Gasteiger partial charge in [0, 0.05) is 0 Å². The van der Waals surface area contributed by atoms with Crippen LogP contribution in [0.4, 0.5) is 0 Å². The summed E-state index contributed by atoms with van der Waals surface area (Å²) in [7, 11) is -1.19. The largest absolute Gasteiger partial charge is 0.0834 e. The van der Waals surface area contributed by atoms with E-state index in [-0.39, 0.29) is 0 Å². The van der Waals surface area contributed by atoms with Crippen molar-refractivity contribution in [2.45, 2.75) is 57.7 Å². The molecule has 1 heteroatoms. The summed E-state index contributed by atoms with van der Waals surface area (Å²) in [6.07, 6.45) is 7.72. The Balaban J connectivity index is 1.59. The summed E-state index contributed by atoms with van der Waals surface area (Å²) in [6.45, 7) is 5.02. The minimum atomic E-state index is -1.19. The maximum absolute atomic E-state index is 2.60. The summed E-state index contributed by atoms with van der Waals surface area (Å²) in [5.74, 6) is 3.36. The van der Waals surface area contributed by atoms with Gasteiger partial charge in [-0.15, -0.1) is 0 Å². The number of benzene rings is 1. The van der Waals surface area contributed by atoms with Crippen LogP contribution in [0, 0.1) is 17.8 Å². The van der Waals surface area contributed by atoms with Gasteiger partial charge in [0.05, 0.1) is 8.07 Å². The molecule has 4 unspecified atom stereocenters. The Morgan fingerprint density at radius 3 is 2.53 bits per heavy atom. The zero-order chi connectivity index (χ0) is 13.3. The second-order valence-electron chi connectivity index (χ2n) is 7.25. The SMILES string of the molecule is CC[Si](C)(CCC1CCC2CC2C1)c1ccccc1. The third-order valence-electron chi connectivity index (χ3n) is 6.01. The minimum absolute atomic E-state index is 1.06. The van der Waals surface area contributed by atoms with E-state index in [1.54, 1.807) is 24.4 Å². The molecule has 0 aliphatic heterocycles. The van der Waals surface area contributed by atoms with Gasteiger partial charge in [0.25, 0.3) is 0 Å². The molecule has 0 heterocycles. The Bertz CT molecular complexity index is 413. The molecule has 3 rings (SSSR count). The van der Waals surface area contributed by atoms with E-state index in [1.807, 2.05) is 0 Å². The Kier molecular flexibility index (Phi) is 3.84. The molecule has 0 spiro atoms. The lowest BCUT2D eigenvalue weighted by molar-refractivity contribution is 0.334. The molecule has 0 N–H and O–H groups in total. The van der Waals surface area contributed by atoms with Gasteiger partial charge < -0.3 is 0 Å². The van der Waals surface area contributed by atoms with E-state index in [0.29, 0.717) is 0 Å². The van der Waals surface area contributed by atoms with Gasteiger partial charge in [-0.25, -0.2) is 0 Å². The third-order valence-corrected chi connectivity index (χ3v) is 10.7. The van der Waals surface area contributed by atoms with Gasteiger partial charge in [-0.3, -0.25) is 0 Å². The van der Waals surface area contributed by atoms with Crippen molar-refractivity contribution in [1.82, 2.24) is 0 Å². The second-order valence-corrected chi connectivity index (χ2v) is 12.2. The monoisotopic (exact) mass is 272 g/mol. The molecule has 4 atom stereocenters. The molecule has 1 aromatic rings. The lowest BCUT2D eigenvalue weighted by Crippen LogP contribution is -2.44. The van der Waals surface area contributed by atoms with Gasteiger partial charge in [0.1, 0.15) is 0 Å². The first kappa shape index (κ1) is 13.4. The van der Waals surface area contributed by atoms with Gasteiger partial charge in [-0.05, 0) is 37.0 Å². The fraction of sp³-hybridized carbons (Fsp3) is 0.667. The number of hydrogen-bond donors (Lipinski definition) is 0. The quantitative estimate of drug-likeness (QED) is 0.674. The van der Waals surface area contributed by atoms with Crippen molar-refractivity contribution in [2.24, 2.45) is 17.8 Å². The predicted octanol–water partition coefficient (Wildman–Crippen LogP) is 4.82. The number of fused-ring (bicyclic) bond motifs is 1. The molecule has 104 valence electrons. The van der Waals surface area contributed by atoms with E-state index in [4.69, 9.17) is 0 Å². The Hall–Kier alpha value is -0.563. The highest BCUT2D eigenvalue weighted by atomic mass is 28.3. The fourth-order valence-electron chi connectivity index (χ4n) is 4.10. The minimum Gasteiger partial charge on any atom is -0.0675 e. The summed E-state index contributed by atoms with van der Waals surface area (Å²) in [6, 6.07) is 14.3. The molecule has 0 saturated heterocycles. The summed E-state index contributed by atoms with van der Waals surface area (Å²) < 4.78 is 0. The summed E-state index contributed by atoms with van der Waals surface area (Å²) in [5.41, 5.74) is 0. The van der Waals surface area contributed by atoms with Crippen LogP contribution >= 0.6 is 0 Å². The van der Waals surface area contributed by atoms with Crippen LogP contribution in [0.1, 0.15) is 39.0 Å². The zero-order valence-corrected chi connectivity index (χ0v) is 13.6. The highest BCUT2D eigenvalue weighted by Gasteiger charge is 2.42. The molecule has 2 fully saturated rings. The van der Waals surface area contributed by atoms with Crippen molar-refractivity contribution in [3.8, 4) is 0 Å². The first-order valence-corrected chi connectivity index (χ1v) is 11.2. The van der Waals surface area contributed by atoms with E-state index in [9.17, 15) is 0 Å². The topological polar surface area (TPSA) is 0 Å². The number of rotatable bonds is 5. The highest BCUT2D eigenvalue weighted by molar-refractivity contribution is 6.90. The molecule has 2 aliphatic rings. The molecule has 0 radical (unpaired) electrons. The molecular weight excluding hydrogens is 244 g/mol. The molecule has 0 bridgehead atoms. The molecule has 0 aromatic heterocycles. The van der Waals surface area contributed by atoms with Crippen LogP contribution < -0.4 is 5.19 Å². The maximum Gasteiger partial charge on any atom is 0.0834 e. The lowest BCUT2D eigenvalue weighted by atomic mass is 9.87. The van der Waals surface area contributed by atoms with Crippen molar-refractivity contribution in [1.29, 1.82) is 0 Å². The van der Waals surface area contributed by atoms with Crippen LogP contribution in [0.25, 0.3) is 0 Å². The van der Waals surface area contributed by atoms with Crippen LogP contribution in [-0.4, -0.2) is 8.07 Å². The van der Waals surface area contributed by atoms with Gasteiger partial charge >= 0.3 is 0 Å². The molecule has 0 nitrogen and oxygen atoms in total. The van der Waals surface area contributed by atoms with Gasteiger partial charge in [-0.2, -0.15) is 0 Å². The average molecular weight is 273 g/mol. The van der Waals surface area contributed by atoms with Gasteiger partial charge in [-0.1, -0.05) is 73.9 Å². The van der Waals surface area contributed by atoms with Crippen molar-refractivity contribution in [3.63, 3.8) is 0 Å². The maximum atomic E-state index is 2.60. The van der Waals surface area contributed by atoms with Crippen molar-refractivity contribution in [2.75, 3.05) is 0 Å². The van der Waals surface area contributed by atoms with Crippen LogP contribution in [0.3, 0.4) is 0 Å². The Morgan fingerprint density at radius 1 is 1.05 bits per heavy atom. The van der Waals surface area contributed by atoms with E-state index in [0.717, 1.165) is 17.8 Å². The second kappa shape index (κ2) is 5.44. The van der Waals surface area contributed by atoms with Crippen molar-refractivity contribution in [3.05, 3.63) is 30.3 Å². The van der Waals surface area contributed by atoms with Crippen LogP contribution in [0.15, 0.2) is 30.3 Å². The Morgan fingerprint density at radius 2 is 1.84 bits per heavy atom. The first-order valence-electron chi connectivity index (χ1n) is 8.27. The lowest BCUT2D eigenvalue weighted by Gasteiger charge is -2.30. The van der Waals surface area contributed by atoms with Crippen LogP contribution in [-0.2, 0) is 0 Å². The summed E-state index contributed by atoms with van der Waals surface area (Å²) in [5, 5.41) is 1.68. The predicted molar refractivity (Wildman–Crippen MR) is 86.5 cm³/mol.